The molecule has 4 unspecified atom stereocenters. The van der Waals surface area contributed by atoms with E-state index in [9.17, 15) is 0 Å². The van der Waals surface area contributed by atoms with E-state index in [2.05, 4.69) is 17.9 Å². The molecular weight excluding hydrogens is 186 g/mol. The molecule has 0 saturated heterocycles. The van der Waals surface area contributed by atoms with Crippen LogP contribution in [0.15, 0.2) is 0 Å². The molecule has 0 fully saturated rings. The van der Waals surface area contributed by atoms with E-state index >= 15 is 0 Å². The molecule has 0 aromatic rings. The Morgan fingerprint density at radius 3 is 2.33 bits per heavy atom. The summed E-state index contributed by atoms with van der Waals surface area (Å²) in [6.45, 7) is 0. The van der Waals surface area contributed by atoms with Crippen molar-refractivity contribution in [2.45, 2.75) is 0 Å². The van der Waals surface area contributed by atoms with Crippen LogP contribution in [0.4, 0.5) is 0 Å². The van der Waals surface area contributed by atoms with Gasteiger partial charge in [0.25, 0.3) is 0 Å². The summed E-state index contributed by atoms with van der Waals surface area (Å²) in [5.74, 6) is 0. The minimum atomic E-state index is 1.08. The standard InChI is InChI=1S/H6P6/c1-3-5-6-4-2/h3,5H,1-2H2. The molecule has 0 aliphatic rings. The van der Waals surface area contributed by atoms with Gasteiger partial charge in [-0.05, 0) is 15.5 Å². The zero-order valence-electron chi connectivity index (χ0n) is 3.05. The Morgan fingerprint density at radius 1 is 1.50 bits per heavy atom. The number of hydrogen-bond donors (Lipinski definition) is 0. The third-order valence-electron chi connectivity index (χ3n) is 0.172. The van der Waals surface area contributed by atoms with Crippen LogP contribution in [0.2, 0.25) is 0 Å². The summed E-state index contributed by atoms with van der Waals surface area (Å²) in [6, 6.07) is 0. The van der Waals surface area contributed by atoms with E-state index in [1.165, 1.54) is 7.56 Å². The maximum Gasteiger partial charge on any atom is -0.0367 e. The summed E-state index contributed by atoms with van der Waals surface area (Å²) >= 11 is 0. The van der Waals surface area contributed by atoms with Gasteiger partial charge in [0.15, 0.2) is 0 Å². The second kappa shape index (κ2) is 7.32. The zero-order valence-corrected chi connectivity index (χ0v) is 9.15. The molecule has 6 heavy (non-hydrogen) atoms. The lowest BCUT2D eigenvalue weighted by Crippen LogP contribution is -0.838. The van der Waals surface area contributed by atoms with Gasteiger partial charge in [-0.1, -0.05) is 24.4 Å². The maximum absolute atomic E-state index is 2.75. The Balaban J connectivity index is 2.66. The van der Waals surface area contributed by atoms with Crippen LogP contribution in [0.3, 0.4) is 0 Å². The largest absolute Gasteiger partial charge is 0.110 e. The summed E-state index contributed by atoms with van der Waals surface area (Å²) in [5, 5.41) is 0. The molecule has 0 rings (SSSR count). The molecule has 4 atom stereocenters. The minimum Gasteiger partial charge on any atom is -0.110 e. The molecule has 0 spiro atoms. The molecule has 0 amide bonds. The van der Waals surface area contributed by atoms with Crippen molar-refractivity contribution in [3.63, 3.8) is 0 Å². The van der Waals surface area contributed by atoms with Crippen LogP contribution in [0, 0.1) is 0 Å². The molecule has 0 radical (unpaired) electrons. The Morgan fingerprint density at radius 2 is 2.17 bits per heavy atom. The van der Waals surface area contributed by atoms with Gasteiger partial charge in [0.1, 0.15) is 0 Å². The molecule has 0 N–H and O–H groups in total. The molecule has 0 aromatic heterocycles. The zero-order chi connectivity index (χ0) is 4.83. The van der Waals surface area contributed by atoms with Crippen LogP contribution >= 0.6 is 48.9 Å². The van der Waals surface area contributed by atoms with Crippen molar-refractivity contribution in [1.29, 1.82) is 0 Å². The van der Waals surface area contributed by atoms with Crippen molar-refractivity contribution < 1.29 is 0 Å². The van der Waals surface area contributed by atoms with E-state index in [0.29, 0.717) is 0 Å². The molecule has 0 aromatic carbocycles. The monoisotopic (exact) mass is 192 g/mol. The van der Waals surface area contributed by atoms with Crippen LogP contribution in [0.5, 0.6) is 0 Å². The molecule has 0 bridgehead atoms. The predicted octanol–water partition coefficient (Wildman–Crippen LogP) is 3.56. The number of hydrogen-bond acceptors (Lipinski definition) is 0. The molecule has 0 nitrogen and oxygen atoms in total. The van der Waals surface area contributed by atoms with Crippen molar-refractivity contribution in [1.82, 2.24) is 0 Å². The van der Waals surface area contributed by atoms with Gasteiger partial charge < -0.3 is 0 Å². The van der Waals surface area contributed by atoms with Crippen molar-refractivity contribution in [3.05, 3.63) is 0 Å². The van der Waals surface area contributed by atoms with Gasteiger partial charge in [0.2, 0.25) is 0 Å². The highest BCUT2D eigenvalue weighted by molar-refractivity contribution is 8.62. The van der Waals surface area contributed by atoms with E-state index in [1.807, 2.05) is 0 Å². The van der Waals surface area contributed by atoms with Crippen LogP contribution in [-0.4, -0.2) is 0 Å². The average molecular weight is 192 g/mol. The topological polar surface area (TPSA) is 0 Å². The van der Waals surface area contributed by atoms with Crippen LogP contribution in [0.1, 0.15) is 0 Å². The fourth-order valence-corrected chi connectivity index (χ4v) is 14.0. The molecule has 36 valence electrons. The lowest BCUT2D eigenvalue weighted by Gasteiger charge is -1.76. The fourth-order valence-electron chi connectivity index (χ4n) is 0.0577. The lowest BCUT2D eigenvalue weighted by atomic mass is 29.3. The highest BCUT2D eigenvalue weighted by Gasteiger charge is 1.65. The van der Waals surface area contributed by atoms with Crippen molar-refractivity contribution in [3.8, 4) is 0 Å². The van der Waals surface area contributed by atoms with Crippen molar-refractivity contribution in [2.24, 2.45) is 0 Å². The molecular formula is H6P6. The normalized spacial score (nSPS) is 14.3. The number of rotatable bonds is 2. The first kappa shape index (κ1) is 8.32. The summed E-state index contributed by atoms with van der Waals surface area (Å²) in [4.78, 5) is 0. The quantitative estimate of drug-likeness (QED) is 0.586. The predicted molar refractivity (Wildman–Crippen MR) is 49.9 cm³/mol. The SMILES string of the molecule is PP=PPPP. The smallest absolute Gasteiger partial charge is 0.0367 e. The summed E-state index contributed by atoms with van der Waals surface area (Å²) in [6.07, 6.45) is 0. The molecule has 6 heteroatoms. The van der Waals surface area contributed by atoms with Crippen LogP contribution in [0.25, 0.3) is 0 Å². The van der Waals surface area contributed by atoms with Crippen LogP contribution in [-0.2, 0) is 0 Å². The van der Waals surface area contributed by atoms with Crippen molar-refractivity contribution >= 4 is 48.9 Å². The first-order chi connectivity index (χ1) is 2.91. The Hall–Kier alpha value is 2.32. The van der Waals surface area contributed by atoms with Gasteiger partial charge in [0.05, 0.1) is 0 Å². The second-order valence-corrected chi connectivity index (χ2v) is 12.7. The van der Waals surface area contributed by atoms with Gasteiger partial charge >= 0.3 is 0 Å². The Labute approximate surface area is 49.4 Å². The molecule has 0 heterocycles. The second-order valence-electron chi connectivity index (χ2n) is 0.472. The highest BCUT2D eigenvalue weighted by Crippen LogP contribution is 2.56. The van der Waals surface area contributed by atoms with Gasteiger partial charge in [-0.3, -0.25) is 0 Å². The average Bonchev–Trinajstić information content (AvgIpc) is 1.61. The molecule has 0 aliphatic heterocycles. The van der Waals surface area contributed by atoms with E-state index in [0.717, 1.165) is 15.9 Å². The van der Waals surface area contributed by atoms with Gasteiger partial charge in [-0.2, -0.15) is 0 Å². The van der Waals surface area contributed by atoms with E-state index in [4.69, 9.17) is 0 Å². The van der Waals surface area contributed by atoms with Gasteiger partial charge in [-0.25, -0.2) is 0 Å². The molecule has 0 aliphatic carbocycles. The van der Waals surface area contributed by atoms with Gasteiger partial charge in [0, 0.05) is 0 Å². The highest BCUT2D eigenvalue weighted by atomic mass is 32.7. The van der Waals surface area contributed by atoms with Gasteiger partial charge in [-0.15, -0.1) is 8.93 Å². The maximum atomic E-state index is 2.75. The molecule has 0 saturated carbocycles. The lowest BCUT2D eigenvalue weighted by molar-refractivity contribution is 5.22. The fraction of sp³-hybridized carbons (Fsp3) is 0. The van der Waals surface area contributed by atoms with E-state index < -0.39 is 0 Å². The van der Waals surface area contributed by atoms with E-state index in [-0.39, 0.29) is 0 Å². The third-order valence-corrected chi connectivity index (χ3v) is 14.0. The first-order valence-electron chi connectivity index (χ1n) is 1.22. The van der Waals surface area contributed by atoms with Crippen molar-refractivity contribution in [2.75, 3.05) is 0 Å². The summed E-state index contributed by atoms with van der Waals surface area (Å²) in [5.41, 5.74) is 0. The first-order valence-corrected chi connectivity index (χ1v) is 11.0. The summed E-state index contributed by atoms with van der Waals surface area (Å²) in [7, 11) is 10.7. The van der Waals surface area contributed by atoms with E-state index in [1.54, 1.807) is 7.56 Å². The Bertz CT molecular complexity index is 35.3. The third kappa shape index (κ3) is 6.32. The Kier molecular flexibility index (Phi) is 10.2. The minimum absolute atomic E-state index is 1.08. The summed E-state index contributed by atoms with van der Waals surface area (Å²) < 4.78 is 0. The van der Waals surface area contributed by atoms with Crippen LogP contribution < -0.4 is 0 Å².